The smallest absolute Gasteiger partial charge is 0.251 e. The number of nitrogens with zero attached hydrogens (tertiary/aromatic N) is 1. The largest absolute Gasteiger partial charge is 0.325 e. The Labute approximate surface area is 86.8 Å². The topological polar surface area (TPSA) is 71.8 Å². The summed E-state index contributed by atoms with van der Waals surface area (Å²) in [6.07, 6.45) is 0. The van der Waals surface area contributed by atoms with Crippen LogP contribution in [0.5, 0.6) is 0 Å². The van der Waals surface area contributed by atoms with Gasteiger partial charge in [0.25, 0.3) is 5.56 Å². The molecule has 4 heteroatoms. The summed E-state index contributed by atoms with van der Waals surface area (Å²) in [6.45, 7) is 0.268. The van der Waals surface area contributed by atoms with E-state index in [-0.39, 0.29) is 12.1 Å². The number of nitrogens with two attached hydrogens (primary N) is 1. The van der Waals surface area contributed by atoms with Crippen LogP contribution < -0.4 is 11.3 Å². The van der Waals surface area contributed by atoms with Gasteiger partial charge in [-0.25, -0.2) is 4.98 Å². The monoisotopic (exact) mass is 201 g/mol. The quantitative estimate of drug-likeness (QED) is 0.758. The minimum absolute atomic E-state index is 0.177. The highest BCUT2D eigenvalue weighted by Crippen LogP contribution is 2.11. The average molecular weight is 201 g/mol. The number of benzene rings is 1. The molecule has 76 valence electrons. The fourth-order valence-corrected chi connectivity index (χ4v) is 1.35. The Morgan fingerprint density at radius 2 is 2.00 bits per heavy atom. The molecular formula is C11H11N3O. The average Bonchev–Trinajstić information content (AvgIpc) is 2.29. The standard InChI is InChI=1S/C11H11N3O/c12-7-9-6-10(15)14-11(13-9)8-4-2-1-3-5-8/h1-6H,7,12H2,(H,13,14,15). The van der Waals surface area contributed by atoms with Crippen LogP contribution in [0.25, 0.3) is 11.4 Å². The molecule has 0 fully saturated rings. The predicted octanol–water partition coefficient (Wildman–Crippen LogP) is 0.896. The first-order valence-electron chi connectivity index (χ1n) is 4.65. The third-order valence-corrected chi connectivity index (χ3v) is 2.05. The van der Waals surface area contributed by atoms with Gasteiger partial charge in [-0.2, -0.15) is 0 Å². The van der Waals surface area contributed by atoms with Crippen LogP contribution in [0, 0.1) is 0 Å². The molecule has 0 aliphatic rings. The number of nitrogens with one attached hydrogen (secondary N) is 1. The fourth-order valence-electron chi connectivity index (χ4n) is 1.35. The summed E-state index contributed by atoms with van der Waals surface area (Å²) in [6, 6.07) is 10.9. The zero-order chi connectivity index (χ0) is 10.7. The van der Waals surface area contributed by atoms with Crippen molar-refractivity contribution in [3.05, 3.63) is 52.4 Å². The van der Waals surface area contributed by atoms with Gasteiger partial charge < -0.3 is 10.7 Å². The van der Waals surface area contributed by atoms with Gasteiger partial charge in [0.2, 0.25) is 0 Å². The van der Waals surface area contributed by atoms with Gasteiger partial charge >= 0.3 is 0 Å². The Morgan fingerprint density at radius 1 is 1.27 bits per heavy atom. The van der Waals surface area contributed by atoms with Crippen molar-refractivity contribution in [1.29, 1.82) is 0 Å². The SMILES string of the molecule is NCc1cc(=O)[nH]c(-c2ccccc2)n1. The maximum atomic E-state index is 11.3. The molecular weight excluding hydrogens is 190 g/mol. The lowest BCUT2D eigenvalue weighted by molar-refractivity contribution is 0.956. The van der Waals surface area contributed by atoms with Gasteiger partial charge in [0, 0.05) is 18.2 Å². The highest BCUT2D eigenvalue weighted by Gasteiger charge is 2.01. The van der Waals surface area contributed by atoms with E-state index < -0.39 is 0 Å². The van der Waals surface area contributed by atoms with E-state index in [2.05, 4.69) is 9.97 Å². The van der Waals surface area contributed by atoms with Crippen molar-refractivity contribution in [3.63, 3.8) is 0 Å². The van der Waals surface area contributed by atoms with E-state index in [1.165, 1.54) is 6.07 Å². The summed E-state index contributed by atoms with van der Waals surface area (Å²) in [7, 11) is 0. The molecule has 0 radical (unpaired) electrons. The van der Waals surface area contributed by atoms with Gasteiger partial charge in [-0.1, -0.05) is 30.3 Å². The van der Waals surface area contributed by atoms with Crippen LogP contribution in [-0.4, -0.2) is 9.97 Å². The molecule has 15 heavy (non-hydrogen) atoms. The molecule has 1 aromatic heterocycles. The molecule has 2 rings (SSSR count). The van der Waals surface area contributed by atoms with Crippen molar-refractivity contribution in [3.8, 4) is 11.4 Å². The van der Waals surface area contributed by atoms with E-state index in [1.54, 1.807) is 0 Å². The lowest BCUT2D eigenvalue weighted by Crippen LogP contribution is -2.12. The first-order valence-corrected chi connectivity index (χ1v) is 4.65. The summed E-state index contributed by atoms with van der Waals surface area (Å²) in [5, 5.41) is 0. The highest BCUT2D eigenvalue weighted by molar-refractivity contribution is 5.54. The molecule has 1 aromatic carbocycles. The van der Waals surface area contributed by atoms with Crippen molar-refractivity contribution in [2.75, 3.05) is 0 Å². The lowest BCUT2D eigenvalue weighted by Gasteiger charge is -2.01. The Morgan fingerprint density at radius 3 is 2.67 bits per heavy atom. The molecule has 0 unspecified atom stereocenters. The summed E-state index contributed by atoms with van der Waals surface area (Å²) in [4.78, 5) is 18.2. The summed E-state index contributed by atoms with van der Waals surface area (Å²) in [5.41, 5.74) is 6.75. The molecule has 1 heterocycles. The first kappa shape index (κ1) is 9.61. The van der Waals surface area contributed by atoms with Crippen LogP contribution >= 0.6 is 0 Å². The van der Waals surface area contributed by atoms with Crippen LogP contribution in [0.2, 0.25) is 0 Å². The van der Waals surface area contributed by atoms with Gasteiger partial charge in [-0.3, -0.25) is 4.79 Å². The zero-order valence-electron chi connectivity index (χ0n) is 8.10. The van der Waals surface area contributed by atoms with Crippen LogP contribution in [0.3, 0.4) is 0 Å². The van der Waals surface area contributed by atoms with Crippen molar-refractivity contribution < 1.29 is 0 Å². The summed E-state index contributed by atoms with van der Waals surface area (Å²) in [5.74, 6) is 0.559. The van der Waals surface area contributed by atoms with Crippen LogP contribution in [0.1, 0.15) is 5.69 Å². The first-order chi connectivity index (χ1) is 7.29. The van der Waals surface area contributed by atoms with Gasteiger partial charge in [0.15, 0.2) is 0 Å². The Hall–Kier alpha value is -1.94. The Kier molecular flexibility index (Phi) is 2.60. The van der Waals surface area contributed by atoms with Crippen LogP contribution in [0.4, 0.5) is 0 Å². The van der Waals surface area contributed by atoms with Crippen LogP contribution in [0.15, 0.2) is 41.2 Å². The second-order valence-electron chi connectivity index (χ2n) is 3.16. The van der Waals surface area contributed by atoms with Crippen molar-refractivity contribution in [2.45, 2.75) is 6.54 Å². The summed E-state index contributed by atoms with van der Waals surface area (Å²) >= 11 is 0. The second-order valence-corrected chi connectivity index (χ2v) is 3.16. The Balaban J connectivity index is 2.54. The highest BCUT2D eigenvalue weighted by atomic mass is 16.1. The van der Waals surface area contributed by atoms with Crippen molar-refractivity contribution in [2.24, 2.45) is 5.73 Å². The molecule has 0 aliphatic heterocycles. The summed E-state index contributed by atoms with van der Waals surface area (Å²) < 4.78 is 0. The van der Waals surface area contributed by atoms with E-state index >= 15 is 0 Å². The van der Waals surface area contributed by atoms with Gasteiger partial charge in [-0.05, 0) is 0 Å². The fraction of sp³-hybridized carbons (Fsp3) is 0.0909. The number of hydrogen-bond donors (Lipinski definition) is 2. The zero-order valence-corrected chi connectivity index (χ0v) is 8.10. The van der Waals surface area contributed by atoms with E-state index in [0.29, 0.717) is 11.5 Å². The maximum absolute atomic E-state index is 11.3. The second kappa shape index (κ2) is 4.06. The molecule has 0 saturated carbocycles. The minimum Gasteiger partial charge on any atom is -0.325 e. The van der Waals surface area contributed by atoms with Gasteiger partial charge in [0.1, 0.15) is 5.82 Å². The molecule has 4 nitrogen and oxygen atoms in total. The molecule has 3 N–H and O–H groups in total. The molecule has 0 atom stereocenters. The van der Waals surface area contributed by atoms with E-state index in [0.717, 1.165) is 5.56 Å². The Bertz CT molecular complexity index is 505. The minimum atomic E-state index is -0.177. The number of H-pyrrole nitrogens is 1. The third kappa shape index (κ3) is 2.11. The molecule has 0 bridgehead atoms. The molecule has 0 amide bonds. The number of hydrogen-bond acceptors (Lipinski definition) is 3. The number of aromatic nitrogens is 2. The van der Waals surface area contributed by atoms with E-state index in [1.807, 2.05) is 30.3 Å². The van der Waals surface area contributed by atoms with Crippen molar-refractivity contribution >= 4 is 0 Å². The van der Waals surface area contributed by atoms with Crippen LogP contribution in [-0.2, 0) is 6.54 Å². The van der Waals surface area contributed by atoms with E-state index in [4.69, 9.17) is 5.73 Å². The normalized spacial score (nSPS) is 10.2. The lowest BCUT2D eigenvalue weighted by atomic mass is 10.2. The number of rotatable bonds is 2. The molecule has 0 saturated heterocycles. The molecule has 2 aromatic rings. The third-order valence-electron chi connectivity index (χ3n) is 2.05. The maximum Gasteiger partial charge on any atom is 0.251 e. The number of aromatic amines is 1. The predicted molar refractivity (Wildman–Crippen MR) is 58.2 cm³/mol. The van der Waals surface area contributed by atoms with Crippen molar-refractivity contribution in [1.82, 2.24) is 9.97 Å². The van der Waals surface area contributed by atoms with E-state index in [9.17, 15) is 4.79 Å². The molecule has 0 spiro atoms. The molecule has 0 aliphatic carbocycles. The van der Waals surface area contributed by atoms with Gasteiger partial charge in [-0.15, -0.1) is 0 Å². The van der Waals surface area contributed by atoms with Gasteiger partial charge in [0.05, 0.1) is 5.69 Å².